The quantitative estimate of drug-likeness (QED) is 0.608. The molecule has 0 saturated carbocycles. The zero-order valence-corrected chi connectivity index (χ0v) is 19.1. The van der Waals surface area contributed by atoms with Crippen molar-refractivity contribution in [1.82, 2.24) is 24.6 Å². The van der Waals surface area contributed by atoms with Crippen LogP contribution in [0.3, 0.4) is 0 Å². The molecule has 162 valence electrons. The number of carbonyl (C=O) groups excluding carboxylic acids is 1. The first kappa shape index (κ1) is 21.3. The fraction of sp³-hybridized carbons (Fsp3) is 0.391. The minimum Gasteiger partial charge on any atom is -0.347 e. The lowest BCUT2D eigenvalue weighted by molar-refractivity contribution is 0.0606. The third-order valence-electron chi connectivity index (χ3n) is 5.89. The fourth-order valence-corrected chi connectivity index (χ4v) is 4.25. The summed E-state index contributed by atoms with van der Waals surface area (Å²) < 4.78 is 1.73. The smallest absolute Gasteiger partial charge is 0.257 e. The molecule has 0 unspecified atom stereocenters. The van der Waals surface area contributed by atoms with E-state index in [1.54, 1.807) is 10.9 Å². The number of piperidine rings is 1. The van der Waals surface area contributed by atoms with Gasteiger partial charge in [-0.3, -0.25) is 9.48 Å². The van der Waals surface area contributed by atoms with E-state index in [0.717, 1.165) is 41.8 Å². The predicted octanol–water partition coefficient (Wildman–Crippen LogP) is 4.27. The van der Waals surface area contributed by atoms with E-state index < -0.39 is 0 Å². The van der Waals surface area contributed by atoms with E-state index in [1.807, 2.05) is 68.3 Å². The van der Waals surface area contributed by atoms with Crippen LogP contribution in [0.5, 0.6) is 0 Å². The molecule has 4 rings (SSSR count). The van der Waals surface area contributed by atoms with E-state index in [1.165, 1.54) is 0 Å². The number of amides is 1. The summed E-state index contributed by atoms with van der Waals surface area (Å²) in [6, 6.07) is 7.55. The van der Waals surface area contributed by atoms with Gasteiger partial charge in [0.05, 0.1) is 23.5 Å². The second-order valence-electron chi connectivity index (χ2n) is 8.15. The molecule has 0 aliphatic carbocycles. The minimum atomic E-state index is -0.142. The Morgan fingerprint density at radius 3 is 2.71 bits per heavy atom. The lowest BCUT2D eigenvalue weighted by Crippen LogP contribution is -2.39. The summed E-state index contributed by atoms with van der Waals surface area (Å²) in [5.74, 6) is 0.619. The SMILES string of the molecule is Cc1c(C(=O)N2CCCC[C@@H]2c2nc(N(C)C)ncc2-c2cccc(Cl)c2)cnn1C. The van der Waals surface area contributed by atoms with Crippen LogP contribution in [0.2, 0.25) is 5.02 Å². The van der Waals surface area contributed by atoms with E-state index >= 15 is 0 Å². The molecule has 8 heteroatoms. The summed E-state index contributed by atoms with van der Waals surface area (Å²) in [4.78, 5) is 26.8. The van der Waals surface area contributed by atoms with Crippen LogP contribution < -0.4 is 4.90 Å². The Hall–Kier alpha value is -2.93. The molecule has 31 heavy (non-hydrogen) atoms. The third-order valence-corrected chi connectivity index (χ3v) is 6.12. The lowest BCUT2D eigenvalue weighted by Gasteiger charge is -2.36. The maximum Gasteiger partial charge on any atom is 0.257 e. The van der Waals surface area contributed by atoms with Crippen molar-refractivity contribution in [1.29, 1.82) is 0 Å². The molecule has 7 nitrogen and oxygen atoms in total. The van der Waals surface area contributed by atoms with Gasteiger partial charge in [-0.05, 0) is 43.9 Å². The van der Waals surface area contributed by atoms with Gasteiger partial charge in [0.15, 0.2) is 0 Å². The van der Waals surface area contributed by atoms with Gasteiger partial charge in [-0.25, -0.2) is 9.97 Å². The van der Waals surface area contributed by atoms with Gasteiger partial charge < -0.3 is 9.80 Å². The molecule has 1 aliphatic heterocycles. The van der Waals surface area contributed by atoms with Gasteiger partial charge in [0.2, 0.25) is 5.95 Å². The summed E-state index contributed by atoms with van der Waals surface area (Å²) >= 11 is 6.27. The second-order valence-corrected chi connectivity index (χ2v) is 8.59. The first-order valence-electron chi connectivity index (χ1n) is 10.5. The molecular weight excluding hydrogens is 412 g/mol. The summed E-state index contributed by atoms with van der Waals surface area (Å²) in [6.45, 7) is 2.61. The molecular formula is C23H27ClN6O. The van der Waals surface area contributed by atoms with E-state index in [0.29, 0.717) is 23.1 Å². The summed E-state index contributed by atoms with van der Waals surface area (Å²) in [7, 11) is 5.69. The topological polar surface area (TPSA) is 67.2 Å². The van der Waals surface area contributed by atoms with Crippen LogP contribution in [-0.2, 0) is 7.05 Å². The van der Waals surface area contributed by atoms with Crippen molar-refractivity contribution in [3.63, 3.8) is 0 Å². The highest BCUT2D eigenvalue weighted by Crippen LogP contribution is 2.37. The highest BCUT2D eigenvalue weighted by Gasteiger charge is 2.33. The Bertz CT molecular complexity index is 1110. The van der Waals surface area contributed by atoms with Crippen LogP contribution >= 0.6 is 11.6 Å². The standard InChI is InChI=1S/C23H27ClN6O/c1-15-18(14-26-29(15)4)22(31)30-11-6-5-10-20(30)21-19(13-25-23(27-21)28(2)3)16-8-7-9-17(24)12-16/h7-9,12-14,20H,5-6,10-11H2,1-4H3/t20-/m1/s1. The zero-order chi connectivity index (χ0) is 22.1. The average molecular weight is 439 g/mol. The van der Waals surface area contributed by atoms with Crippen molar-refractivity contribution in [2.75, 3.05) is 25.5 Å². The van der Waals surface area contributed by atoms with Gasteiger partial charge in [-0.2, -0.15) is 5.10 Å². The molecule has 1 fully saturated rings. The van der Waals surface area contributed by atoms with E-state index in [9.17, 15) is 4.79 Å². The van der Waals surface area contributed by atoms with Crippen LogP contribution in [-0.4, -0.2) is 51.2 Å². The maximum atomic E-state index is 13.5. The highest BCUT2D eigenvalue weighted by molar-refractivity contribution is 6.30. The van der Waals surface area contributed by atoms with Gasteiger partial charge in [0.1, 0.15) is 0 Å². The van der Waals surface area contributed by atoms with Crippen molar-refractivity contribution < 1.29 is 4.79 Å². The van der Waals surface area contributed by atoms with Gasteiger partial charge in [0, 0.05) is 50.2 Å². The number of rotatable bonds is 4. The first-order chi connectivity index (χ1) is 14.9. The molecule has 1 aromatic carbocycles. The lowest BCUT2D eigenvalue weighted by atomic mass is 9.93. The molecule has 3 aromatic rings. The molecule has 1 aliphatic rings. The number of nitrogens with zero attached hydrogens (tertiary/aromatic N) is 6. The van der Waals surface area contributed by atoms with Crippen molar-refractivity contribution >= 4 is 23.5 Å². The van der Waals surface area contributed by atoms with Crippen LogP contribution in [0, 0.1) is 6.92 Å². The fourth-order valence-electron chi connectivity index (χ4n) is 4.06. The summed E-state index contributed by atoms with van der Waals surface area (Å²) in [6.07, 6.45) is 6.36. The van der Waals surface area contributed by atoms with Gasteiger partial charge in [-0.15, -0.1) is 0 Å². The minimum absolute atomic E-state index is 0.00245. The Morgan fingerprint density at radius 2 is 2.03 bits per heavy atom. The number of hydrogen-bond donors (Lipinski definition) is 0. The first-order valence-corrected chi connectivity index (χ1v) is 10.8. The molecule has 1 amide bonds. The van der Waals surface area contributed by atoms with Crippen molar-refractivity contribution in [3.05, 3.63) is 58.6 Å². The number of halogens is 1. The average Bonchev–Trinajstić information content (AvgIpc) is 3.11. The van der Waals surface area contributed by atoms with Crippen LogP contribution in [0.1, 0.15) is 47.1 Å². The Labute approximate surface area is 187 Å². The normalized spacial score (nSPS) is 16.4. The van der Waals surface area contributed by atoms with Crippen LogP contribution in [0.4, 0.5) is 5.95 Å². The number of carbonyl (C=O) groups is 1. The van der Waals surface area contributed by atoms with E-state index in [4.69, 9.17) is 16.6 Å². The molecule has 2 aromatic heterocycles. The molecule has 1 atom stereocenters. The molecule has 3 heterocycles. The van der Waals surface area contributed by atoms with E-state index in [-0.39, 0.29) is 11.9 Å². The predicted molar refractivity (Wildman–Crippen MR) is 122 cm³/mol. The van der Waals surface area contributed by atoms with Crippen LogP contribution in [0.15, 0.2) is 36.7 Å². The molecule has 0 N–H and O–H groups in total. The molecule has 1 saturated heterocycles. The Balaban J connectivity index is 1.82. The zero-order valence-electron chi connectivity index (χ0n) is 18.3. The molecule has 0 radical (unpaired) electrons. The van der Waals surface area contributed by atoms with Gasteiger partial charge in [0.25, 0.3) is 5.91 Å². The van der Waals surface area contributed by atoms with Gasteiger partial charge in [-0.1, -0.05) is 23.7 Å². The number of likely N-dealkylation sites (tertiary alicyclic amines) is 1. The number of anilines is 1. The largest absolute Gasteiger partial charge is 0.347 e. The maximum absolute atomic E-state index is 13.5. The Morgan fingerprint density at radius 1 is 1.23 bits per heavy atom. The van der Waals surface area contributed by atoms with Crippen molar-refractivity contribution in [2.24, 2.45) is 7.05 Å². The number of benzene rings is 1. The van der Waals surface area contributed by atoms with Crippen molar-refractivity contribution in [3.8, 4) is 11.1 Å². The molecule has 0 spiro atoms. The monoisotopic (exact) mass is 438 g/mol. The van der Waals surface area contributed by atoms with Crippen molar-refractivity contribution in [2.45, 2.75) is 32.2 Å². The summed E-state index contributed by atoms with van der Waals surface area (Å²) in [5, 5.41) is 4.92. The number of aryl methyl sites for hydroxylation is 1. The number of hydrogen-bond acceptors (Lipinski definition) is 5. The molecule has 0 bridgehead atoms. The summed E-state index contributed by atoms with van der Waals surface area (Å²) in [5.41, 5.74) is 4.21. The number of aromatic nitrogens is 4. The third kappa shape index (κ3) is 4.14. The second kappa shape index (κ2) is 8.67. The van der Waals surface area contributed by atoms with E-state index in [2.05, 4.69) is 10.1 Å². The van der Waals surface area contributed by atoms with Crippen LogP contribution in [0.25, 0.3) is 11.1 Å². The highest BCUT2D eigenvalue weighted by atomic mass is 35.5. The Kier molecular flexibility index (Phi) is 5.96. The van der Waals surface area contributed by atoms with Gasteiger partial charge >= 0.3 is 0 Å².